The van der Waals surface area contributed by atoms with Crippen LogP contribution in [0.25, 0.3) is 0 Å². The third-order valence-electron chi connectivity index (χ3n) is 6.09. The van der Waals surface area contributed by atoms with Crippen LogP contribution < -0.4 is 5.32 Å². The molecule has 4 rings (SSSR count). The number of carbonyl (C=O) groups excluding carboxylic acids is 2. The summed E-state index contributed by atoms with van der Waals surface area (Å²) in [4.78, 5) is 28.2. The maximum atomic E-state index is 13.3. The minimum absolute atomic E-state index is 0.0982. The maximum absolute atomic E-state index is 13.3. The highest BCUT2D eigenvalue weighted by Crippen LogP contribution is 2.40. The molecule has 2 amide bonds. The van der Waals surface area contributed by atoms with Gasteiger partial charge >= 0.3 is 0 Å². The molecular weight excluding hydrogens is 380 g/mol. The van der Waals surface area contributed by atoms with Crippen molar-refractivity contribution >= 4 is 23.4 Å². The number of nitrogens with zero attached hydrogens (tertiary/aromatic N) is 1. The van der Waals surface area contributed by atoms with Gasteiger partial charge in [-0.25, -0.2) is 0 Å². The van der Waals surface area contributed by atoms with Crippen molar-refractivity contribution in [3.05, 3.63) is 34.9 Å². The zero-order valence-electron chi connectivity index (χ0n) is 15.9. The summed E-state index contributed by atoms with van der Waals surface area (Å²) in [5.74, 6) is 0.190. The van der Waals surface area contributed by atoms with Crippen LogP contribution >= 0.6 is 11.6 Å². The summed E-state index contributed by atoms with van der Waals surface area (Å²) >= 11 is 6.09. The summed E-state index contributed by atoms with van der Waals surface area (Å²) in [6.07, 6.45) is 4.90. The summed E-state index contributed by atoms with van der Waals surface area (Å²) in [5, 5.41) is 3.52. The first-order valence-electron chi connectivity index (χ1n) is 10.2. The van der Waals surface area contributed by atoms with Crippen molar-refractivity contribution in [3.8, 4) is 0 Å². The molecule has 0 bridgehead atoms. The van der Waals surface area contributed by atoms with Crippen LogP contribution in [0.15, 0.2) is 24.3 Å². The van der Waals surface area contributed by atoms with Gasteiger partial charge in [0, 0.05) is 23.2 Å². The second kappa shape index (κ2) is 8.80. The average molecular weight is 407 g/mol. The summed E-state index contributed by atoms with van der Waals surface area (Å²) in [5.41, 5.74) is 0.542. The minimum atomic E-state index is -0.441. The lowest BCUT2D eigenvalue weighted by Crippen LogP contribution is -2.51. The van der Waals surface area contributed by atoms with E-state index in [0.29, 0.717) is 42.9 Å². The fraction of sp³-hybridized carbons (Fsp3) is 0.619. The van der Waals surface area contributed by atoms with Gasteiger partial charge in [0.2, 0.25) is 5.91 Å². The summed E-state index contributed by atoms with van der Waals surface area (Å²) in [6.45, 7) is 2.04. The Morgan fingerprint density at radius 1 is 1.21 bits per heavy atom. The van der Waals surface area contributed by atoms with Crippen molar-refractivity contribution in [2.24, 2.45) is 5.92 Å². The molecule has 2 heterocycles. The largest absolute Gasteiger partial charge is 0.376 e. The van der Waals surface area contributed by atoms with Crippen LogP contribution in [0.3, 0.4) is 0 Å². The Morgan fingerprint density at radius 3 is 2.86 bits per heavy atom. The smallest absolute Gasteiger partial charge is 0.254 e. The second-order valence-corrected chi connectivity index (χ2v) is 8.34. The number of amides is 2. The highest BCUT2D eigenvalue weighted by Gasteiger charge is 2.47. The highest BCUT2D eigenvalue weighted by molar-refractivity contribution is 6.31. The van der Waals surface area contributed by atoms with E-state index in [1.807, 2.05) is 4.90 Å². The zero-order valence-corrected chi connectivity index (χ0v) is 16.7. The molecule has 7 heteroatoms. The predicted octanol–water partition coefficient (Wildman–Crippen LogP) is 2.64. The zero-order chi connectivity index (χ0) is 19.5. The molecule has 1 saturated carbocycles. The van der Waals surface area contributed by atoms with E-state index in [0.717, 1.165) is 25.7 Å². The molecule has 0 spiro atoms. The Balaban J connectivity index is 1.50. The van der Waals surface area contributed by atoms with E-state index in [1.165, 1.54) is 6.42 Å². The van der Waals surface area contributed by atoms with Crippen LogP contribution in [0, 0.1) is 5.92 Å². The highest BCUT2D eigenvalue weighted by atomic mass is 35.5. The lowest BCUT2D eigenvalue weighted by molar-refractivity contribution is -0.127. The van der Waals surface area contributed by atoms with Crippen LogP contribution in [0.5, 0.6) is 0 Å². The number of hydrogen-bond donors (Lipinski definition) is 1. The Bertz CT molecular complexity index is 722. The molecule has 0 radical (unpaired) electrons. The fourth-order valence-electron chi connectivity index (χ4n) is 4.74. The maximum Gasteiger partial charge on any atom is 0.254 e. The molecule has 2 saturated heterocycles. The van der Waals surface area contributed by atoms with E-state index in [1.54, 1.807) is 24.3 Å². The van der Waals surface area contributed by atoms with E-state index < -0.39 is 6.04 Å². The van der Waals surface area contributed by atoms with Crippen LogP contribution in [-0.4, -0.2) is 61.3 Å². The van der Waals surface area contributed by atoms with Gasteiger partial charge in [-0.15, -0.1) is 0 Å². The monoisotopic (exact) mass is 406 g/mol. The molecular formula is C21H27ClN2O4. The van der Waals surface area contributed by atoms with Gasteiger partial charge in [0.15, 0.2) is 0 Å². The second-order valence-electron chi connectivity index (χ2n) is 7.90. The lowest BCUT2D eigenvalue weighted by Gasteiger charge is -2.34. The van der Waals surface area contributed by atoms with Crippen molar-refractivity contribution in [1.29, 1.82) is 0 Å². The Kier molecular flexibility index (Phi) is 6.19. The minimum Gasteiger partial charge on any atom is -0.376 e. The molecule has 6 nitrogen and oxygen atoms in total. The van der Waals surface area contributed by atoms with Crippen molar-refractivity contribution in [1.82, 2.24) is 10.2 Å². The van der Waals surface area contributed by atoms with E-state index >= 15 is 0 Å². The van der Waals surface area contributed by atoms with Crippen LogP contribution in [0.2, 0.25) is 5.02 Å². The van der Waals surface area contributed by atoms with Crippen molar-refractivity contribution in [2.75, 3.05) is 26.4 Å². The fourth-order valence-corrected chi connectivity index (χ4v) is 4.93. The molecule has 3 aliphatic rings. The van der Waals surface area contributed by atoms with Gasteiger partial charge in [-0.1, -0.05) is 30.5 Å². The first-order chi connectivity index (χ1) is 13.6. The van der Waals surface area contributed by atoms with Gasteiger partial charge in [-0.05, 0) is 43.4 Å². The van der Waals surface area contributed by atoms with Crippen LogP contribution in [0.4, 0.5) is 0 Å². The van der Waals surface area contributed by atoms with Gasteiger partial charge < -0.3 is 19.7 Å². The number of fused-ring (bicyclic) bond motifs is 1. The number of likely N-dealkylation sites (tertiary alicyclic amines) is 1. The van der Waals surface area contributed by atoms with Crippen LogP contribution in [0.1, 0.15) is 42.5 Å². The van der Waals surface area contributed by atoms with Crippen molar-refractivity contribution < 1.29 is 19.1 Å². The number of nitrogens with one attached hydrogen (secondary N) is 1. The predicted molar refractivity (Wildman–Crippen MR) is 105 cm³/mol. The topological polar surface area (TPSA) is 67.9 Å². The molecule has 1 aromatic rings. The molecule has 2 aliphatic heterocycles. The molecule has 152 valence electrons. The summed E-state index contributed by atoms with van der Waals surface area (Å²) < 4.78 is 11.0. The number of benzene rings is 1. The molecule has 4 atom stereocenters. The van der Waals surface area contributed by atoms with Gasteiger partial charge in [0.05, 0.1) is 25.9 Å². The lowest BCUT2D eigenvalue weighted by atomic mass is 9.84. The van der Waals surface area contributed by atoms with E-state index in [-0.39, 0.29) is 24.0 Å². The number of hydrogen-bond acceptors (Lipinski definition) is 4. The number of halogens is 1. The standard InChI is InChI=1S/C21H27ClN2O4/c22-16-6-3-5-15(10-16)21(26)24-18-7-2-1-4-14(18)11-19(24)20(25)23-12-17-13-27-8-9-28-17/h3,5-6,10,14,17-19H,1-2,4,7-9,11-13H2,(H,23,25)/t14-,17-,18+,19+/m1/s1. The molecule has 1 aromatic carbocycles. The SMILES string of the molecule is O=C(NC[C@@H]1COCCO1)[C@@H]1C[C@H]2CCCC[C@@H]2N1C(=O)c1cccc(Cl)c1. The van der Waals surface area contributed by atoms with Crippen LogP contribution in [-0.2, 0) is 14.3 Å². The molecule has 28 heavy (non-hydrogen) atoms. The number of rotatable bonds is 4. The van der Waals surface area contributed by atoms with Crippen molar-refractivity contribution in [3.63, 3.8) is 0 Å². The van der Waals surface area contributed by atoms with E-state index in [4.69, 9.17) is 21.1 Å². The Hall–Kier alpha value is -1.63. The number of ether oxygens (including phenoxy) is 2. The van der Waals surface area contributed by atoms with Crippen molar-refractivity contribution in [2.45, 2.75) is 50.3 Å². The Morgan fingerprint density at radius 2 is 2.07 bits per heavy atom. The Labute approximate surface area is 170 Å². The molecule has 1 N–H and O–H groups in total. The third-order valence-corrected chi connectivity index (χ3v) is 6.32. The number of carbonyl (C=O) groups is 2. The van der Waals surface area contributed by atoms with Gasteiger partial charge in [-0.2, -0.15) is 0 Å². The molecule has 3 fully saturated rings. The van der Waals surface area contributed by atoms with E-state index in [9.17, 15) is 9.59 Å². The van der Waals surface area contributed by atoms with Gasteiger partial charge in [0.1, 0.15) is 6.04 Å². The quantitative estimate of drug-likeness (QED) is 0.834. The van der Waals surface area contributed by atoms with Gasteiger partial charge in [-0.3, -0.25) is 9.59 Å². The summed E-state index contributed by atoms with van der Waals surface area (Å²) in [6, 6.07) is 6.67. The first kappa shape index (κ1) is 19.7. The summed E-state index contributed by atoms with van der Waals surface area (Å²) in [7, 11) is 0. The molecule has 0 aromatic heterocycles. The first-order valence-corrected chi connectivity index (χ1v) is 10.6. The molecule has 0 unspecified atom stereocenters. The third kappa shape index (κ3) is 4.19. The average Bonchev–Trinajstić information content (AvgIpc) is 3.12. The van der Waals surface area contributed by atoms with E-state index in [2.05, 4.69) is 5.32 Å². The van der Waals surface area contributed by atoms with Gasteiger partial charge in [0.25, 0.3) is 5.91 Å². The normalized spacial score (nSPS) is 30.0. The molecule has 1 aliphatic carbocycles.